The average molecular weight is 288 g/mol. The first-order valence-electron chi connectivity index (χ1n) is 4.93. The number of hydrogen-bond acceptors (Lipinski definition) is 7. The van der Waals surface area contributed by atoms with Crippen LogP contribution < -0.4 is 5.32 Å². The van der Waals surface area contributed by atoms with Crippen molar-refractivity contribution in [3.8, 4) is 0 Å². The average Bonchev–Trinajstić information content (AvgIpc) is 2.80. The largest absolute Gasteiger partial charge is 0.357 e. The molecule has 0 spiro atoms. The number of halogens is 1. The van der Waals surface area contributed by atoms with Crippen molar-refractivity contribution in [1.82, 2.24) is 19.3 Å². The fourth-order valence-corrected chi connectivity index (χ4v) is 2.85. The second-order valence-electron chi connectivity index (χ2n) is 3.03. The van der Waals surface area contributed by atoms with E-state index in [9.17, 15) is 0 Å². The number of nitrogens with one attached hydrogen (secondary N) is 1. The number of aromatic nitrogens is 4. The van der Waals surface area contributed by atoms with E-state index >= 15 is 0 Å². The van der Waals surface area contributed by atoms with Gasteiger partial charge in [0.25, 0.3) is 0 Å². The summed E-state index contributed by atoms with van der Waals surface area (Å²) in [6.45, 7) is 2.02. The minimum absolute atomic E-state index is 0.516. The molecule has 2 rings (SSSR count). The molecule has 8 heteroatoms. The van der Waals surface area contributed by atoms with Crippen molar-refractivity contribution >= 4 is 40.8 Å². The van der Waals surface area contributed by atoms with Crippen LogP contribution in [0.5, 0.6) is 0 Å². The quantitative estimate of drug-likeness (QED) is 0.873. The van der Waals surface area contributed by atoms with Crippen molar-refractivity contribution in [2.24, 2.45) is 0 Å². The van der Waals surface area contributed by atoms with Gasteiger partial charge in [-0.3, -0.25) is 0 Å². The van der Waals surface area contributed by atoms with Crippen LogP contribution >= 0.6 is 34.9 Å². The van der Waals surface area contributed by atoms with Crippen molar-refractivity contribution in [2.45, 2.75) is 22.7 Å². The lowest BCUT2D eigenvalue weighted by atomic mass is 10.5. The SMILES string of the molecule is CCc1nsc(Sc2nc(NC)ncc2Cl)n1. The molecule has 17 heavy (non-hydrogen) atoms. The molecule has 0 amide bonds. The molecule has 0 fully saturated rings. The number of rotatable bonds is 4. The van der Waals surface area contributed by atoms with Crippen LogP contribution in [-0.2, 0) is 6.42 Å². The molecule has 0 saturated heterocycles. The van der Waals surface area contributed by atoms with Gasteiger partial charge in [-0.1, -0.05) is 18.5 Å². The van der Waals surface area contributed by atoms with Gasteiger partial charge >= 0.3 is 0 Å². The van der Waals surface area contributed by atoms with Gasteiger partial charge in [0.15, 0.2) is 4.34 Å². The van der Waals surface area contributed by atoms with Gasteiger partial charge in [0, 0.05) is 13.5 Å². The van der Waals surface area contributed by atoms with Crippen LogP contribution in [0.2, 0.25) is 5.02 Å². The minimum atomic E-state index is 0.516. The predicted octanol–water partition coefficient (Wildman–Crippen LogP) is 2.74. The normalized spacial score (nSPS) is 10.5. The highest BCUT2D eigenvalue weighted by molar-refractivity contribution is 8.01. The standard InChI is InChI=1S/C9H10ClN5S2/c1-3-6-13-9(17-15-6)16-7-5(10)4-12-8(11-2)14-7/h4H,3H2,1-2H3,(H,11,12,14). The fourth-order valence-electron chi connectivity index (χ4n) is 1.05. The van der Waals surface area contributed by atoms with Crippen molar-refractivity contribution in [3.05, 3.63) is 17.0 Å². The summed E-state index contributed by atoms with van der Waals surface area (Å²) in [5.74, 6) is 1.38. The second kappa shape index (κ2) is 5.61. The molecule has 0 bridgehead atoms. The summed E-state index contributed by atoms with van der Waals surface area (Å²) >= 11 is 8.78. The molecule has 2 heterocycles. The van der Waals surface area contributed by atoms with Gasteiger partial charge in [-0.2, -0.15) is 4.37 Å². The van der Waals surface area contributed by atoms with Gasteiger partial charge in [-0.25, -0.2) is 15.0 Å². The molecular weight excluding hydrogens is 278 g/mol. The molecular formula is C9H10ClN5S2. The summed E-state index contributed by atoms with van der Waals surface area (Å²) in [5.41, 5.74) is 0. The zero-order valence-electron chi connectivity index (χ0n) is 9.27. The van der Waals surface area contributed by atoms with E-state index in [0.29, 0.717) is 16.0 Å². The third-order valence-corrected chi connectivity index (χ3v) is 4.07. The molecule has 5 nitrogen and oxygen atoms in total. The molecule has 0 aliphatic heterocycles. The summed E-state index contributed by atoms with van der Waals surface area (Å²) in [5, 5.41) is 4.07. The molecule has 0 atom stereocenters. The molecule has 0 aliphatic carbocycles. The number of hydrogen-bond donors (Lipinski definition) is 1. The van der Waals surface area contributed by atoms with Crippen molar-refractivity contribution in [1.29, 1.82) is 0 Å². The van der Waals surface area contributed by atoms with Crippen LogP contribution in [0.1, 0.15) is 12.7 Å². The molecule has 2 aromatic heterocycles. The monoisotopic (exact) mass is 287 g/mol. The second-order valence-corrected chi connectivity index (χ2v) is 5.42. The Balaban J connectivity index is 2.22. The van der Waals surface area contributed by atoms with E-state index in [1.54, 1.807) is 13.2 Å². The molecule has 0 unspecified atom stereocenters. The lowest BCUT2D eigenvalue weighted by Crippen LogP contribution is -1.96. The van der Waals surface area contributed by atoms with E-state index in [2.05, 4.69) is 24.6 Å². The third-order valence-electron chi connectivity index (χ3n) is 1.89. The van der Waals surface area contributed by atoms with Gasteiger partial charge in [-0.15, -0.1) is 0 Å². The summed E-state index contributed by atoms with van der Waals surface area (Å²) in [6.07, 6.45) is 2.40. The lowest BCUT2D eigenvalue weighted by molar-refractivity contribution is 0.969. The van der Waals surface area contributed by atoms with Crippen LogP contribution in [-0.4, -0.2) is 26.4 Å². The maximum atomic E-state index is 6.03. The van der Waals surface area contributed by atoms with Crippen LogP contribution in [0.15, 0.2) is 15.6 Å². The van der Waals surface area contributed by atoms with Crippen LogP contribution in [0.4, 0.5) is 5.95 Å². The Labute approximate surface area is 112 Å². The number of aryl methyl sites for hydroxylation is 1. The molecule has 0 aromatic carbocycles. The first kappa shape index (κ1) is 12.5. The van der Waals surface area contributed by atoms with Crippen LogP contribution in [0.25, 0.3) is 0 Å². The van der Waals surface area contributed by atoms with Gasteiger partial charge < -0.3 is 5.32 Å². The topological polar surface area (TPSA) is 63.6 Å². The van der Waals surface area contributed by atoms with Crippen molar-refractivity contribution in [2.75, 3.05) is 12.4 Å². The molecule has 0 saturated carbocycles. The highest BCUT2D eigenvalue weighted by Gasteiger charge is 2.10. The van der Waals surface area contributed by atoms with E-state index in [4.69, 9.17) is 11.6 Å². The third kappa shape index (κ3) is 3.05. The maximum absolute atomic E-state index is 6.03. The Kier molecular flexibility index (Phi) is 4.14. The van der Waals surface area contributed by atoms with Crippen molar-refractivity contribution in [3.63, 3.8) is 0 Å². The van der Waals surface area contributed by atoms with Gasteiger partial charge in [-0.05, 0) is 23.3 Å². The lowest BCUT2D eigenvalue weighted by Gasteiger charge is -2.02. The first-order chi connectivity index (χ1) is 8.22. The Morgan fingerprint density at radius 2 is 2.29 bits per heavy atom. The fraction of sp³-hybridized carbons (Fsp3) is 0.333. The first-order valence-corrected chi connectivity index (χ1v) is 6.90. The van der Waals surface area contributed by atoms with Crippen LogP contribution in [0, 0.1) is 0 Å². The van der Waals surface area contributed by atoms with Gasteiger partial charge in [0.05, 0.1) is 11.2 Å². The van der Waals surface area contributed by atoms with E-state index in [1.165, 1.54) is 23.3 Å². The minimum Gasteiger partial charge on any atom is -0.357 e. The molecule has 90 valence electrons. The van der Waals surface area contributed by atoms with Gasteiger partial charge in [0.1, 0.15) is 10.9 Å². The number of anilines is 1. The summed E-state index contributed by atoms with van der Waals surface area (Å²) in [4.78, 5) is 12.6. The summed E-state index contributed by atoms with van der Waals surface area (Å²) in [6, 6.07) is 0. The molecule has 0 aliphatic rings. The Bertz CT molecular complexity index is 516. The smallest absolute Gasteiger partial charge is 0.223 e. The summed E-state index contributed by atoms with van der Waals surface area (Å²) in [7, 11) is 1.76. The molecule has 1 N–H and O–H groups in total. The van der Waals surface area contributed by atoms with E-state index in [0.717, 1.165) is 16.6 Å². The molecule has 2 aromatic rings. The number of nitrogens with zero attached hydrogens (tertiary/aromatic N) is 4. The molecule has 0 radical (unpaired) electrons. The zero-order valence-corrected chi connectivity index (χ0v) is 11.7. The highest BCUT2D eigenvalue weighted by atomic mass is 35.5. The van der Waals surface area contributed by atoms with E-state index in [-0.39, 0.29) is 0 Å². The van der Waals surface area contributed by atoms with Crippen molar-refractivity contribution < 1.29 is 0 Å². The highest BCUT2D eigenvalue weighted by Crippen LogP contribution is 2.32. The zero-order chi connectivity index (χ0) is 12.3. The van der Waals surface area contributed by atoms with E-state index in [1.807, 2.05) is 6.92 Å². The maximum Gasteiger partial charge on any atom is 0.223 e. The Morgan fingerprint density at radius 1 is 1.47 bits per heavy atom. The Hall–Kier alpha value is -0.920. The van der Waals surface area contributed by atoms with Crippen LogP contribution in [0.3, 0.4) is 0 Å². The van der Waals surface area contributed by atoms with E-state index < -0.39 is 0 Å². The summed E-state index contributed by atoms with van der Waals surface area (Å²) < 4.78 is 5.05. The predicted molar refractivity (Wildman–Crippen MR) is 70.0 cm³/mol. The Morgan fingerprint density at radius 3 is 2.94 bits per heavy atom. The van der Waals surface area contributed by atoms with Gasteiger partial charge in [0.2, 0.25) is 5.95 Å².